The third-order valence-electron chi connectivity index (χ3n) is 6.22. The predicted molar refractivity (Wildman–Crippen MR) is 125 cm³/mol. The van der Waals surface area contributed by atoms with Crippen LogP contribution in [0.5, 0.6) is 5.75 Å². The van der Waals surface area contributed by atoms with Gasteiger partial charge in [-0.15, -0.1) is 0 Å². The molecule has 1 N–H and O–H groups in total. The number of esters is 1. The van der Waals surface area contributed by atoms with Crippen molar-refractivity contribution in [2.45, 2.75) is 51.2 Å². The Hall–Kier alpha value is -3.18. The normalized spacial score (nSPS) is 14.4. The lowest BCUT2D eigenvalue weighted by Gasteiger charge is -2.37. The maximum Gasteiger partial charge on any atom is 0.306 e. The summed E-state index contributed by atoms with van der Waals surface area (Å²) in [5.41, 5.74) is 3.85. The number of rotatable bonds is 9. The van der Waals surface area contributed by atoms with Crippen molar-refractivity contribution < 1.29 is 23.8 Å². The van der Waals surface area contributed by atoms with Crippen molar-refractivity contribution in [3.8, 4) is 16.9 Å². The first kappa shape index (κ1) is 23.0. The molecule has 4 nitrogen and oxygen atoms in total. The Morgan fingerprint density at radius 1 is 1.03 bits per heavy atom. The minimum atomic E-state index is -0.699. The van der Waals surface area contributed by atoms with E-state index in [2.05, 4.69) is 0 Å². The molecule has 0 radical (unpaired) electrons. The third kappa shape index (κ3) is 5.60. The third-order valence-corrected chi connectivity index (χ3v) is 6.22. The van der Waals surface area contributed by atoms with Crippen LogP contribution in [0, 0.1) is 5.82 Å². The summed E-state index contributed by atoms with van der Waals surface area (Å²) < 4.78 is 24.9. The maximum atomic E-state index is 14.0. The van der Waals surface area contributed by atoms with Gasteiger partial charge in [0.15, 0.2) is 0 Å². The van der Waals surface area contributed by atoms with Crippen LogP contribution in [-0.2, 0) is 28.2 Å². The van der Waals surface area contributed by atoms with Crippen LogP contribution in [-0.4, -0.2) is 17.7 Å². The number of aliphatic hydroxyl groups is 1. The van der Waals surface area contributed by atoms with Crippen molar-refractivity contribution in [2.75, 3.05) is 6.61 Å². The summed E-state index contributed by atoms with van der Waals surface area (Å²) in [7, 11) is 0. The van der Waals surface area contributed by atoms with Crippen LogP contribution < -0.4 is 4.74 Å². The molecule has 33 heavy (non-hydrogen) atoms. The Labute approximate surface area is 194 Å². The number of hydrogen-bond donors (Lipinski definition) is 1. The lowest BCUT2D eigenvalue weighted by atomic mass is 9.75. The molecule has 0 aromatic heterocycles. The SMILES string of the molecule is CCOC(=O)CCc1ccc(OCc2cc(F)ccc2-c2ccc(C3(O)CCC3)cc2)cc1. The summed E-state index contributed by atoms with van der Waals surface area (Å²) in [5, 5.41) is 10.6. The van der Waals surface area contributed by atoms with E-state index >= 15 is 0 Å². The number of ether oxygens (including phenoxy) is 2. The summed E-state index contributed by atoms with van der Waals surface area (Å²) in [6, 6.07) is 20.1. The first-order valence-electron chi connectivity index (χ1n) is 11.5. The Morgan fingerprint density at radius 2 is 1.76 bits per heavy atom. The Balaban J connectivity index is 1.42. The highest BCUT2D eigenvalue weighted by Crippen LogP contribution is 2.41. The number of carbonyl (C=O) groups is 1. The molecule has 5 heteroatoms. The monoisotopic (exact) mass is 448 g/mol. The molecular weight excluding hydrogens is 419 g/mol. The molecule has 4 rings (SSSR count). The number of hydrogen-bond acceptors (Lipinski definition) is 4. The molecule has 3 aromatic carbocycles. The number of carbonyl (C=O) groups excluding carboxylic acids is 1. The fraction of sp³-hybridized carbons (Fsp3) is 0.321. The van der Waals surface area contributed by atoms with Gasteiger partial charge in [-0.1, -0.05) is 42.5 Å². The largest absolute Gasteiger partial charge is 0.489 e. The molecule has 0 atom stereocenters. The zero-order valence-corrected chi connectivity index (χ0v) is 18.9. The van der Waals surface area contributed by atoms with E-state index in [-0.39, 0.29) is 18.4 Å². The maximum absolute atomic E-state index is 14.0. The van der Waals surface area contributed by atoms with E-state index in [1.54, 1.807) is 13.0 Å². The highest BCUT2D eigenvalue weighted by atomic mass is 19.1. The lowest BCUT2D eigenvalue weighted by Crippen LogP contribution is -2.33. The molecule has 0 spiro atoms. The number of benzene rings is 3. The molecule has 0 unspecified atom stereocenters. The van der Waals surface area contributed by atoms with Gasteiger partial charge >= 0.3 is 5.97 Å². The average molecular weight is 449 g/mol. The molecular formula is C28H29FO4. The van der Waals surface area contributed by atoms with Gasteiger partial charge in [-0.3, -0.25) is 4.79 Å². The van der Waals surface area contributed by atoms with Gasteiger partial charge in [0.2, 0.25) is 0 Å². The number of aryl methyl sites for hydroxylation is 1. The van der Waals surface area contributed by atoms with Gasteiger partial charge in [0.1, 0.15) is 18.2 Å². The van der Waals surface area contributed by atoms with Crippen molar-refractivity contribution in [1.29, 1.82) is 0 Å². The molecule has 3 aromatic rings. The van der Waals surface area contributed by atoms with Crippen LogP contribution in [0.1, 0.15) is 49.3 Å². The summed E-state index contributed by atoms with van der Waals surface area (Å²) in [6.07, 6.45) is 3.59. The topological polar surface area (TPSA) is 55.8 Å². The van der Waals surface area contributed by atoms with Crippen molar-refractivity contribution in [3.05, 3.63) is 89.2 Å². The van der Waals surface area contributed by atoms with Gasteiger partial charge in [0.05, 0.1) is 12.2 Å². The van der Waals surface area contributed by atoms with E-state index in [1.165, 1.54) is 12.1 Å². The molecule has 0 amide bonds. The second-order valence-electron chi connectivity index (χ2n) is 8.50. The van der Waals surface area contributed by atoms with Crippen LogP contribution in [0.2, 0.25) is 0 Å². The fourth-order valence-electron chi connectivity index (χ4n) is 4.12. The molecule has 1 aliphatic rings. The van der Waals surface area contributed by atoms with Crippen LogP contribution in [0.4, 0.5) is 4.39 Å². The van der Waals surface area contributed by atoms with Gasteiger partial charge in [0, 0.05) is 6.42 Å². The molecule has 0 bridgehead atoms. The highest BCUT2D eigenvalue weighted by Gasteiger charge is 2.35. The second kappa shape index (κ2) is 10.2. The smallest absolute Gasteiger partial charge is 0.306 e. The molecule has 172 valence electrons. The predicted octanol–water partition coefficient (Wildman–Crippen LogP) is 5.94. The Morgan fingerprint density at radius 3 is 2.39 bits per heavy atom. The van der Waals surface area contributed by atoms with Gasteiger partial charge in [-0.25, -0.2) is 4.39 Å². The van der Waals surface area contributed by atoms with Crippen molar-refractivity contribution >= 4 is 5.97 Å². The lowest BCUT2D eigenvalue weighted by molar-refractivity contribution is -0.143. The standard InChI is InChI=1S/C28H29FO4/c1-2-32-27(30)15-6-20-4-12-25(13-5-20)33-19-22-18-24(29)11-14-26(22)21-7-9-23(10-8-21)28(31)16-3-17-28/h4-5,7-14,18,31H,2-3,6,15-17,19H2,1H3. The number of halogens is 1. The van der Waals surface area contributed by atoms with Crippen LogP contribution in [0.25, 0.3) is 11.1 Å². The minimum absolute atomic E-state index is 0.202. The van der Waals surface area contributed by atoms with Gasteiger partial charge in [-0.2, -0.15) is 0 Å². The van der Waals surface area contributed by atoms with Crippen molar-refractivity contribution in [2.24, 2.45) is 0 Å². The minimum Gasteiger partial charge on any atom is -0.489 e. The average Bonchev–Trinajstić information content (AvgIpc) is 2.81. The first-order valence-corrected chi connectivity index (χ1v) is 11.5. The first-order chi connectivity index (χ1) is 16.0. The van der Waals surface area contributed by atoms with Crippen LogP contribution in [0.3, 0.4) is 0 Å². The van der Waals surface area contributed by atoms with E-state index in [1.807, 2.05) is 48.5 Å². The van der Waals surface area contributed by atoms with Gasteiger partial charge in [0.25, 0.3) is 0 Å². The molecule has 0 aliphatic heterocycles. The van der Waals surface area contributed by atoms with Crippen molar-refractivity contribution in [1.82, 2.24) is 0 Å². The molecule has 1 fully saturated rings. The van der Waals surface area contributed by atoms with Gasteiger partial charge < -0.3 is 14.6 Å². The van der Waals surface area contributed by atoms with E-state index in [0.717, 1.165) is 47.1 Å². The zero-order valence-electron chi connectivity index (χ0n) is 18.9. The highest BCUT2D eigenvalue weighted by molar-refractivity contribution is 5.69. The Kier molecular flexibility index (Phi) is 7.09. The fourth-order valence-corrected chi connectivity index (χ4v) is 4.12. The molecule has 0 saturated heterocycles. The van der Waals surface area contributed by atoms with Crippen LogP contribution >= 0.6 is 0 Å². The summed E-state index contributed by atoms with van der Waals surface area (Å²) in [4.78, 5) is 11.5. The molecule has 1 aliphatic carbocycles. The van der Waals surface area contributed by atoms with Gasteiger partial charge in [-0.05, 0) is 84.7 Å². The van der Waals surface area contributed by atoms with Crippen molar-refractivity contribution in [3.63, 3.8) is 0 Å². The van der Waals surface area contributed by atoms with E-state index in [4.69, 9.17) is 9.47 Å². The van der Waals surface area contributed by atoms with E-state index < -0.39 is 5.60 Å². The van der Waals surface area contributed by atoms with E-state index in [9.17, 15) is 14.3 Å². The summed E-state index contributed by atoms with van der Waals surface area (Å²) >= 11 is 0. The molecule has 0 heterocycles. The summed E-state index contributed by atoms with van der Waals surface area (Å²) in [6.45, 7) is 2.41. The summed E-state index contributed by atoms with van der Waals surface area (Å²) in [5.74, 6) is 0.158. The Bertz CT molecular complexity index is 1090. The van der Waals surface area contributed by atoms with Crippen LogP contribution in [0.15, 0.2) is 66.7 Å². The second-order valence-corrected chi connectivity index (χ2v) is 8.50. The molecule has 1 saturated carbocycles. The quantitative estimate of drug-likeness (QED) is 0.412. The van der Waals surface area contributed by atoms with E-state index in [0.29, 0.717) is 25.2 Å². The zero-order chi connectivity index (χ0) is 23.3.